The van der Waals surface area contributed by atoms with Crippen molar-refractivity contribution in [3.8, 4) is 0 Å². The van der Waals surface area contributed by atoms with Crippen molar-refractivity contribution in [1.82, 2.24) is 0 Å². The number of allylic oxidation sites excluding steroid dienone is 3. The molecule has 97 heavy (non-hydrogen) atoms. The maximum Gasteiger partial charge on any atom is 0.472 e. The zero-order valence-electron chi connectivity index (χ0n) is 59.1. The first-order chi connectivity index (χ1) is 46.8. The van der Waals surface area contributed by atoms with Crippen LogP contribution in [0.5, 0.6) is 0 Å². The summed E-state index contributed by atoms with van der Waals surface area (Å²) in [7, 11) is -5.70. The number of ether oxygens (including phenoxy) is 7. The van der Waals surface area contributed by atoms with Crippen LogP contribution >= 0.6 is 7.82 Å². The molecule has 25 heteroatoms. The molecule has 0 spiro atoms. The second kappa shape index (κ2) is 54.1. The van der Waals surface area contributed by atoms with E-state index in [1.807, 2.05) is 6.08 Å². The highest BCUT2D eigenvalue weighted by atomic mass is 31.2. The maximum atomic E-state index is 14.3. The molecule has 3 aliphatic rings. The molecule has 568 valence electrons. The molecule has 0 aromatic heterocycles. The summed E-state index contributed by atoms with van der Waals surface area (Å²) >= 11 is 0. The Bertz CT molecular complexity index is 2110. The van der Waals surface area contributed by atoms with Gasteiger partial charge in [0.15, 0.2) is 18.7 Å². The Hall–Kier alpha value is -2.56. The van der Waals surface area contributed by atoms with E-state index < -0.39 is 156 Å². The topological polar surface area (TPSA) is 374 Å². The molecule has 1 aliphatic carbocycles. The largest absolute Gasteiger partial charge is 0.472 e. The first-order valence-electron chi connectivity index (χ1n) is 37.7. The molecular formula is C72H131O24P. The molecule has 2 saturated heterocycles. The third kappa shape index (κ3) is 37.4. The van der Waals surface area contributed by atoms with Gasteiger partial charge in [0.1, 0.15) is 98.7 Å². The number of carbonyl (C=O) groups excluding carboxylic acids is 3. The predicted octanol–water partition coefficient (Wildman–Crippen LogP) is 10.1. The van der Waals surface area contributed by atoms with E-state index in [9.17, 15) is 74.9 Å². The van der Waals surface area contributed by atoms with E-state index in [0.717, 1.165) is 96.0 Å². The Morgan fingerprint density at radius 3 is 1.22 bits per heavy atom. The van der Waals surface area contributed by atoms with Gasteiger partial charge < -0.3 is 89.1 Å². The van der Waals surface area contributed by atoms with E-state index in [1.54, 1.807) is 6.08 Å². The monoisotopic (exact) mass is 1410 g/mol. The third-order valence-electron chi connectivity index (χ3n) is 18.6. The van der Waals surface area contributed by atoms with Crippen LogP contribution in [0.2, 0.25) is 0 Å². The van der Waals surface area contributed by atoms with Crippen LogP contribution in [0, 0.1) is 0 Å². The quantitative estimate of drug-likeness (QED) is 0.00673. The number of aliphatic hydroxyl groups is 10. The molecule has 3 fully saturated rings. The predicted molar refractivity (Wildman–Crippen MR) is 365 cm³/mol. The lowest BCUT2D eigenvalue weighted by Crippen LogP contribution is -2.69. The number of rotatable bonds is 58. The zero-order chi connectivity index (χ0) is 71.1. The van der Waals surface area contributed by atoms with Crippen LogP contribution < -0.4 is 0 Å². The van der Waals surface area contributed by atoms with Crippen LogP contribution in [0.15, 0.2) is 24.3 Å². The average molecular weight is 1410 g/mol. The molecule has 11 N–H and O–H groups in total. The summed E-state index contributed by atoms with van der Waals surface area (Å²) in [4.78, 5) is 50.8. The fourth-order valence-electron chi connectivity index (χ4n) is 12.4. The molecular weight excluding hydrogens is 1280 g/mol. The molecule has 0 amide bonds. The van der Waals surface area contributed by atoms with Gasteiger partial charge in [-0.05, 0) is 25.7 Å². The highest BCUT2D eigenvalue weighted by Gasteiger charge is 2.58. The molecule has 18 atom stereocenters. The van der Waals surface area contributed by atoms with Crippen molar-refractivity contribution in [2.75, 3.05) is 26.4 Å². The van der Waals surface area contributed by atoms with Crippen molar-refractivity contribution in [3.05, 3.63) is 24.3 Å². The Balaban J connectivity index is 1.74. The fraction of sp³-hybridized carbons (Fsp3) is 0.903. The summed E-state index contributed by atoms with van der Waals surface area (Å²) < 4.78 is 64.8. The first kappa shape index (κ1) is 88.7. The normalized spacial score (nSPS) is 27.9. The van der Waals surface area contributed by atoms with Crippen molar-refractivity contribution >= 4 is 25.7 Å². The number of unbranched alkanes of at least 4 members (excludes halogenated alkanes) is 36. The second-order valence-electron chi connectivity index (χ2n) is 27.1. The lowest BCUT2D eigenvalue weighted by atomic mass is 9.84. The molecule has 1 saturated carbocycles. The zero-order valence-corrected chi connectivity index (χ0v) is 60.0. The Morgan fingerprint density at radius 2 is 0.794 bits per heavy atom. The highest BCUT2D eigenvalue weighted by molar-refractivity contribution is 7.47. The van der Waals surface area contributed by atoms with E-state index in [-0.39, 0.29) is 12.8 Å². The number of hydrogen-bond donors (Lipinski definition) is 11. The van der Waals surface area contributed by atoms with Crippen LogP contribution in [0.1, 0.15) is 284 Å². The summed E-state index contributed by atoms with van der Waals surface area (Å²) in [6, 6.07) is 0. The maximum absolute atomic E-state index is 14.3. The minimum atomic E-state index is -5.70. The lowest BCUT2D eigenvalue weighted by molar-refractivity contribution is -0.360. The van der Waals surface area contributed by atoms with Crippen LogP contribution in [-0.2, 0) is 61.2 Å². The minimum absolute atomic E-state index is 0.0383. The highest BCUT2D eigenvalue weighted by Crippen LogP contribution is 2.49. The molecule has 0 radical (unpaired) electrons. The van der Waals surface area contributed by atoms with Gasteiger partial charge >= 0.3 is 25.7 Å². The van der Waals surface area contributed by atoms with Crippen LogP contribution in [0.25, 0.3) is 0 Å². The number of carbonyl (C=O) groups is 3. The van der Waals surface area contributed by atoms with Crippen LogP contribution in [0.4, 0.5) is 0 Å². The van der Waals surface area contributed by atoms with Crippen molar-refractivity contribution in [3.63, 3.8) is 0 Å². The van der Waals surface area contributed by atoms with Crippen molar-refractivity contribution < 1.29 is 117 Å². The Morgan fingerprint density at radius 1 is 0.423 bits per heavy atom. The summed E-state index contributed by atoms with van der Waals surface area (Å²) in [6.45, 7) is 3.36. The van der Waals surface area contributed by atoms with Gasteiger partial charge in [0, 0.05) is 18.9 Å². The van der Waals surface area contributed by atoms with Gasteiger partial charge in [-0.1, -0.05) is 264 Å². The summed E-state index contributed by atoms with van der Waals surface area (Å²) in [5, 5.41) is 110. The van der Waals surface area contributed by atoms with Gasteiger partial charge in [-0.3, -0.25) is 18.6 Å². The van der Waals surface area contributed by atoms with Gasteiger partial charge in [0.25, 0.3) is 0 Å². The summed E-state index contributed by atoms with van der Waals surface area (Å²) in [6.07, 6.45) is 14.6. The van der Waals surface area contributed by atoms with E-state index in [1.165, 1.54) is 154 Å². The average Bonchev–Trinajstić information content (AvgIpc) is 0.763. The molecule has 2 heterocycles. The second-order valence-corrected chi connectivity index (χ2v) is 28.5. The van der Waals surface area contributed by atoms with E-state index in [0.29, 0.717) is 12.8 Å². The van der Waals surface area contributed by atoms with Crippen LogP contribution in [0.3, 0.4) is 0 Å². The fourth-order valence-corrected chi connectivity index (χ4v) is 13.4. The van der Waals surface area contributed by atoms with Crippen molar-refractivity contribution in [2.45, 2.75) is 388 Å². The molecule has 0 bridgehead atoms. The summed E-state index contributed by atoms with van der Waals surface area (Å²) in [5.41, 5.74) is 0. The molecule has 3 rings (SSSR count). The minimum Gasteiger partial charge on any atom is -0.462 e. The summed E-state index contributed by atoms with van der Waals surface area (Å²) in [5.74, 6) is -2.22. The molecule has 2 aliphatic heterocycles. The number of hydrogen-bond acceptors (Lipinski definition) is 23. The molecule has 0 aromatic rings. The Labute approximate surface area is 579 Å². The van der Waals surface area contributed by atoms with Gasteiger partial charge in [0.2, 0.25) is 0 Å². The number of esters is 3. The number of aliphatic hydroxyl groups excluding tert-OH is 10. The molecule has 18 unspecified atom stereocenters. The number of phosphoric ester groups is 1. The molecule has 0 aromatic carbocycles. The smallest absolute Gasteiger partial charge is 0.462 e. The Kier molecular flexibility index (Phi) is 49.5. The lowest BCUT2D eigenvalue weighted by Gasteiger charge is -2.49. The third-order valence-corrected chi connectivity index (χ3v) is 19.6. The van der Waals surface area contributed by atoms with Gasteiger partial charge in [0.05, 0.1) is 13.2 Å². The SMILES string of the molecule is CCCCCCCCCCCCC/C=C/C=C/C(=O)OCC1OC(OC2C(O)C(O)C(O)C(OC3OC(CO)C(O)C(O)C3O)C2OP(=O)(O)OCC(COC(=O)CCCCCCCCCCCCC)OC(=O)CCCCCCCCCCCCCCCCCC)C(O)C(O)C1O. The molecule has 24 nitrogen and oxygen atoms in total. The van der Waals surface area contributed by atoms with Crippen molar-refractivity contribution in [2.24, 2.45) is 0 Å². The standard InChI is InChI=1S/C72H131O24P/c1-4-7-10-13-16-19-22-24-26-28-30-33-36-39-42-45-48-58(76)91-53(50-88-56(74)46-43-40-37-34-31-21-18-15-12-9-6-3)51-90-97(86,87)96-70-68(94-71-66(84)61(79)59(77)54(49-73)92-71)64(82)63(81)65(83)69(70)95-72-67(85)62(80)60(78)55(93-72)52-89-57(75)47-44-41-38-35-32-29-27-25-23-20-17-14-11-8-5-2/h38,41,44,47,53-55,59-73,77-85H,4-37,39-40,42-43,45-46,48-52H2,1-3H3,(H,86,87)/b41-38+,47-44+. The van der Waals surface area contributed by atoms with Crippen LogP contribution in [-0.4, -0.2) is 204 Å². The van der Waals surface area contributed by atoms with Crippen molar-refractivity contribution in [1.29, 1.82) is 0 Å². The van der Waals surface area contributed by atoms with E-state index in [4.69, 9.17) is 42.2 Å². The van der Waals surface area contributed by atoms with Gasteiger partial charge in [-0.15, -0.1) is 0 Å². The van der Waals surface area contributed by atoms with E-state index >= 15 is 0 Å². The van der Waals surface area contributed by atoms with Gasteiger partial charge in [-0.2, -0.15) is 0 Å². The van der Waals surface area contributed by atoms with E-state index in [2.05, 4.69) is 20.8 Å². The van der Waals surface area contributed by atoms with Gasteiger partial charge in [-0.25, -0.2) is 9.36 Å². The number of phosphoric acid groups is 1. The first-order valence-corrected chi connectivity index (χ1v) is 39.2.